The third-order valence-corrected chi connectivity index (χ3v) is 24.6. The molecule has 8 rings (SSSR count). The molecule has 104 heavy (non-hydrogen) atoms. The Morgan fingerprint density at radius 1 is 0.240 bits per heavy atom. The summed E-state index contributed by atoms with van der Waals surface area (Å²) in [4.78, 5) is 4.47. The SMILES string of the molecule is CC1C(C)C(C)C(C)C1C.CC1C(C)C(C)C(C)C1C.CC1C(C)C(C)C(C)C1C.CC1C(C)C(C)C(C)C1C.CO.CO.CO.CO.Cc1cc(CN(C)Cc2cc(C)c(O)c(C)c2)cc(C)c1O.Cc1cc(CN(C)Cc2cc(C)c(O)c(C)c2)cc(C)c1O.[CH3-].[CH3-].[CH3-].[CH3-].[Cl][Ti][Cl].[Cl][Ti][Cl].[Ti].[Ti]. The number of hydrogen-bond donors (Lipinski definition) is 8. The molecule has 4 aliphatic rings. The third-order valence-electron chi connectivity index (χ3n) is 24.6. The molecule has 0 heterocycles. The number of aromatic hydroxyl groups is 4. The van der Waals surface area contributed by atoms with E-state index in [9.17, 15) is 20.4 Å². The first-order valence-electron chi connectivity index (χ1n) is 35.8. The van der Waals surface area contributed by atoms with Crippen LogP contribution >= 0.6 is 37.2 Å². The van der Waals surface area contributed by atoms with E-state index in [1.165, 1.54) is 22.3 Å². The van der Waals surface area contributed by atoms with Gasteiger partial charge in [-0.2, -0.15) is 0 Å². The predicted octanol–water partition coefficient (Wildman–Crippen LogP) is 23.6. The zero-order chi connectivity index (χ0) is 77.8. The molecule has 4 aromatic carbocycles. The summed E-state index contributed by atoms with van der Waals surface area (Å²) in [5, 5.41) is 67.4. The largest absolute Gasteiger partial charge is 0 e. The molecule has 0 radical (unpaired) electrons. The molecule has 0 atom stereocenters. The molecule has 18 heteroatoms. The number of phenols is 4. The van der Waals surface area contributed by atoms with Crippen LogP contribution in [0.1, 0.15) is 205 Å². The van der Waals surface area contributed by atoms with Crippen LogP contribution in [0.25, 0.3) is 0 Å². The van der Waals surface area contributed by atoms with Crippen LogP contribution in [0.4, 0.5) is 0 Å². The average Bonchev–Trinajstić information content (AvgIpc) is 1.68. The van der Waals surface area contributed by atoms with E-state index in [2.05, 4.69) is 162 Å². The van der Waals surface area contributed by atoms with Gasteiger partial charge in [0.2, 0.25) is 0 Å². The zero-order valence-corrected chi connectivity index (χ0v) is 82.2. The van der Waals surface area contributed by atoms with Crippen LogP contribution in [0.15, 0.2) is 48.5 Å². The molecule has 4 aliphatic carbocycles. The average molecular weight is 1680 g/mol. The maximum atomic E-state index is 9.85. The number of aliphatic hydroxyl groups excluding tert-OH is 4. The summed E-state index contributed by atoms with van der Waals surface area (Å²) in [5.74, 6) is 20.2. The Hall–Kier alpha value is -0.143. The second-order valence-corrected chi connectivity index (χ2v) is 35.1. The number of phenolic OH excluding ortho intramolecular Hbond substituents is 4. The van der Waals surface area contributed by atoms with Gasteiger partial charge in [-0.05, 0) is 255 Å². The van der Waals surface area contributed by atoms with Gasteiger partial charge in [-0.25, -0.2) is 0 Å². The summed E-state index contributed by atoms with van der Waals surface area (Å²) >= 11 is -1.11. The number of aliphatic hydroxyl groups is 4. The fraction of sp³-hybridized carbons (Fsp3) is 0.674. The topological polar surface area (TPSA) is 168 Å². The van der Waals surface area contributed by atoms with Crippen molar-refractivity contribution in [3.63, 3.8) is 0 Å². The van der Waals surface area contributed by atoms with Crippen molar-refractivity contribution in [2.45, 2.75) is 220 Å². The minimum atomic E-state index is -0.556. The maximum absolute atomic E-state index is 9.85. The first-order valence-corrected chi connectivity index (χ1v) is 44.4. The van der Waals surface area contributed by atoms with Crippen LogP contribution in [0.3, 0.4) is 0 Å². The molecular formula is C86H158Cl4N2O8Ti4-4. The molecule has 608 valence electrons. The minimum Gasteiger partial charge on any atom is 0 e. The summed E-state index contributed by atoms with van der Waals surface area (Å²) in [6.07, 6.45) is 0. The van der Waals surface area contributed by atoms with Crippen molar-refractivity contribution in [1.82, 2.24) is 9.80 Å². The molecule has 4 aromatic rings. The Morgan fingerprint density at radius 3 is 0.375 bits per heavy atom. The van der Waals surface area contributed by atoms with E-state index in [0.717, 1.165) is 217 Å². The predicted molar refractivity (Wildman–Crippen MR) is 446 cm³/mol. The van der Waals surface area contributed by atoms with Crippen LogP contribution in [-0.2, 0) is 104 Å². The molecular weight excluding hydrogens is 1520 g/mol. The Kier molecular flexibility index (Phi) is 78.3. The molecule has 8 N–H and O–H groups in total. The molecule has 0 unspecified atom stereocenters. The Bertz CT molecular complexity index is 2140. The number of hydrogen-bond acceptors (Lipinski definition) is 10. The Labute approximate surface area is 707 Å². The Morgan fingerprint density at radius 2 is 0.308 bits per heavy atom. The summed E-state index contributed by atoms with van der Waals surface area (Å²) in [6, 6.07) is 16.3. The van der Waals surface area contributed by atoms with Gasteiger partial charge < -0.3 is 70.6 Å². The molecule has 0 amide bonds. The zero-order valence-electron chi connectivity index (χ0n) is 73.0. The first kappa shape index (κ1) is 125. The molecule has 0 aromatic heterocycles. The molecule has 10 nitrogen and oxygen atoms in total. The van der Waals surface area contributed by atoms with E-state index in [1.807, 2.05) is 104 Å². The first-order chi connectivity index (χ1) is 45.6. The number of halogens is 4. The minimum absolute atomic E-state index is 0. The molecule has 4 fully saturated rings. The summed E-state index contributed by atoms with van der Waals surface area (Å²) in [6.45, 7) is 66.7. The van der Waals surface area contributed by atoms with Gasteiger partial charge in [0, 0.05) is 98.1 Å². The smallest absolute Gasteiger partial charge is 0 e. The summed E-state index contributed by atoms with van der Waals surface area (Å²) in [7, 11) is 27.7. The molecule has 0 aliphatic heterocycles. The van der Waals surface area contributed by atoms with Crippen LogP contribution in [0, 0.1) is 203 Å². The fourth-order valence-electron chi connectivity index (χ4n) is 15.5. The van der Waals surface area contributed by atoms with Crippen LogP contribution < -0.4 is 0 Å². The molecule has 0 saturated heterocycles. The van der Waals surface area contributed by atoms with Crippen molar-refractivity contribution >= 4 is 37.2 Å². The summed E-state index contributed by atoms with van der Waals surface area (Å²) < 4.78 is 0. The quantitative estimate of drug-likeness (QED) is 0.0628. The van der Waals surface area contributed by atoms with Gasteiger partial charge in [-0.1, -0.05) is 187 Å². The van der Waals surface area contributed by atoms with Gasteiger partial charge in [0.25, 0.3) is 0 Å². The molecule has 0 bridgehead atoms. The van der Waals surface area contributed by atoms with Gasteiger partial charge in [-0.3, -0.25) is 9.80 Å². The van der Waals surface area contributed by atoms with E-state index in [-0.39, 0.29) is 73.1 Å². The van der Waals surface area contributed by atoms with Crippen molar-refractivity contribution < 1.29 is 118 Å². The summed E-state index contributed by atoms with van der Waals surface area (Å²) in [5.41, 5.74) is 12.1. The van der Waals surface area contributed by atoms with E-state index >= 15 is 0 Å². The Balaban J connectivity index is -0.000000125. The molecule has 0 spiro atoms. The third kappa shape index (κ3) is 40.5. The van der Waals surface area contributed by atoms with E-state index in [0.29, 0.717) is 23.0 Å². The van der Waals surface area contributed by atoms with Gasteiger partial charge >= 0.3 is 71.3 Å². The normalized spacial score (nSPS) is 26.6. The second kappa shape index (κ2) is 65.3. The second-order valence-electron chi connectivity index (χ2n) is 30.0. The van der Waals surface area contributed by atoms with E-state index in [4.69, 9.17) is 57.6 Å². The van der Waals surface area contributed by atoms with E-state index < -0.39 is 34.1 Å². The monoisotopic (exact) mass is 1680 g/mol. The van der Waals surface area contributed by atoms with Crippen molar-refractivity contribution in [3.05, 3.63) is 145 Å². The van der Waals surface area contributed by atoms with Crippen molar-refractivity contribution in [1.29, 1.82) is 0 Å². The fourth-order valence-corrected chi connectivity index (χ4v) is 15.5. The van der Waals surface area contributed by atoms with Gasteiger partial charge in [0.05, 0.1) is 0 Å². The molecule has 4 saturated carbocycles. The number of rotatable bonds is 8. The van der Waals surface area contributed by atoms with Gasteiger partial charge in [0.15, 0.2) is 0 Å². The maximum Gasteiger partial charge on any atom is 0 e. The van der Waals surface area contributed by atoms with Crippen molar-refractivity contribution in [2.24, 2.45) is 118 Å². The van der Waals surface area contributed by atoms with E-state index in [1.54, 1.807) is 0 Å². The standard InChI is InChI=1S/2C19H25NO2.4C10H20.4CH4O.4CH3.4ClH.4Ti/c2*1-12-6-16(7-13(2)18(12)21)10-20(5)11-17-8-14(3)19(22)15(4)9-17;4*1-6-7(2)9(4)10(5)8(6)3;4*1-2;;;;;;;;;;;;/h2*6-9,21-22H,10-11H2,1-5H3;4*6-10H,1-5H3;4*2H,1H3;4*1H3;4*1H;;;;/q;;;;;;;;;;4*-1;;;;;;;2*+2/p-4. The number of benzene rings is 4. The van der Waals surface area contributed by atoms with Gasteiger partial charge in [-0.15, -0.1) is 0 Å². The van der Waals surface area contributed by atoms with Crippen LogP contribution in [0.2, 0.25) is 0 Å². The van der Waals surface area contributed by atoms with Crippen LogP contribution in [0.5, 0.6) is 23.0 Å². The van der Waals surface area contributed by atoms with Crippen molar-refractivity contribution in [2.75, 3.05) is 42.5 Å². The number of aryl methyl sites for hydroxylation is 8. The van der Waals surface area contributed by atoms with Crippen LogP contribution in [-0.4, -0.2) is 93.2 Å². The number of nitrogens with zero attached hydrogens (tertiary/aromatic N) is 2. The van der Waals surface area contributed by atoms with Crippen molar-refractivity contribution in [3.8, 4) is 23.0 Å². The van der Waals surface area contributed by atoms with Gasteiger partial charge in [0.1, 0.15) is 23.0 Å².